The molecule has 0 atom stereocenters. The maximum atomic E-state index is 12.1. The van der Waals surface area contributed by atoms with Gasteiger partial charge in [-0.2, -0.15) is 16.8 Å². The van der Waals surface area contributed by atoms with E-state index in [1.54, 1.807) is 0 Å². The number of hydrogen-bond acceptors (Lipinski definition) is 6. The molecule has 0 spiro atoms. The van der Waals surface area contributed by atoms with Gasteiger partial charge in [-0.25, -0.2) is 0 Å². The smallest absolute Gasteiger partial charge is 0.339 e. The molecule has 0 aliphatic rings. The quantitative estimate of drug-likeness (QED) is 0.483. The van der Waals surface area contributed by atoms with Gasteiger partial charge in [0.2, 0.25) is 0 Å². The topological polar surface area (TPSA) is 124 Å². The highest BCUT2D eigenvalue weighted by Gasteiger charge is 2.18. The van der Waals surface area contributed by atoms with E-state index in [0.717, 1.165) is 30.3 Å². The highest BCUT2D eigenvalue weighted by molar-refractivity contribution is 7.87. The average molecular weight is 364 g/mol. The molecule has 0 aliphatic carbocycles. The third kappa shape index (κ3) is 3.69. The Kier molecular flexibility index (Phi) is 4.34. The summed E-state index contributed by atoms with van der Waals surface area (Å²) in [6, 6.07) is 7.90. The molecule has 0 radical (unpaired) electrons. The fourth-order valence-electron chi connectivity index (χ4n) is 1.51. The molecule has 0 bridgehead atoms. The third-order valence-electron chi connectivity index (χ3n) is 2.59. The minimum absolute atomic E-state index is 0.0615. The molecule has 2 aromatic carbocycles. The van der Waals surface area contributed by atoms with Gasteiger partial charge in [-0.3, -0.25) is 4.55 Å². The first-order valence-corrected chi connectivity index (χ1v) is 8.89. The number of benzene rings is 2. The number of nitrogens with two attached hydrogens (primary N) is 1. The molecular weight excluding hydrogens is 354 g/mol. The first-order chi connectivity index (χ1) is 10.1. The van der Waals surface area contributed by atoms with E-state index in [0.29, 0.717) is 0 Å². The number of anilines is 1. The van der Waals surface area contributed by atoms with E-state index in [4.69, 9.17) is 26.1 Å². The van der Waals surface area contributed by atoms with E-state index >= 15 is 0 Å². The van der Waals surface area contributed by atoms with Crippen LogP contribution in [-0.4, -0.2) is 21.4 Å². The van der Waals surface area contributed by atoms with Crippen molar-refractivity contribution in [3.8, 4) is 5.75 Å². The molecule has 3 N–H and O–H groups in total. The van der Waals surface area contributed by atoms with Crippen LogP contribution in [0.3, 0.4) is 0 Å². The van der Waals surface area contributed by atoms with Gasteiger partial charge in [0.1, 0.15) is 10.6 Å². The molecule has 22 heavy (non-hydrogen) atoms. The van der Waals surface area contributed by atoms with Crippen LogP contribution >= 0.6 is 11.6 Å². The summed E-state index contributed by atoms with van der Waals surface area (Å²) in [5.74, 6) is -0.125. The van der Waals surface area contributed by atoms with Crippen molar-refractivity contribution < 1.29 is 25.6 Å². The van der Waals surface area contributed by atoms with Crippen molar-refractivity contribution in [2.75, 3.05) is 5.73 Å². The third-order valence-corrected chi connectivity index (χ3v) is 5.03. The molecular formula is C12H10ClNO6S2. The van der Waals surface area contributed by atoms with Gasteiger partial charge in [-0.05, 0) is 42.5 Å². The highest BCUT2D eigenvalue weighted by atomic mass is 35.5. The van der Waals surface area contributed by atoms with Crippen LogP contribution in [0, 0.1) is 0 Å². The van der Waals surface area contributed by atoms with E-state index in [1.807, 2.05) is 0 Å². The van der Waals surface area contributed by atoms with Crippen LogP contribution in [0.4, 0.5) is 5.69 Å². The lowest BCUT2D eigenvalue weighted by Gasteiger charge is -2.08. The molecule has 2 rings (SSSR count). The van der Waals surface area contributed by atoms with Crippen molar-refractivity contribution >= 4 is 37.5 Å². The SMILES string of the molecule is Nc1ccc(S(=O)(=O)Oc2ccc(S(=O)(=O)O)cc2)cc1Cl. The number of rotatable bonds is 4. The van der Waals surface area contributed by atoms with Crippen molar-refractivity contribution in [3.63, 3.8) is 0 Å². The second-order valence-corrected chi connectivity index (χ2v) is 7.54. The fourth-order valence-corrected chi connectivity index (χ4v) is 3.19. The zero-order chi connectivity index (χ0) is 16.5. The second kappa shape index (κ2) is 5.76. The van der Waals surface area contributed by atoms with Crippen molar-refractivity contribution in [2.24, 2.45) is 0 Å². The Morgan fingerprint density at radius 1 is 0.955 bits per heavy atom. The van der Waals surface area contributed by atoms with E-state index < -0.39 is 20.2 Å². The average Bonchev–Trinajstić information content (AvgIpc) is 2.41. The summed E-state index contributed by atoms with van der Waals surface area (Å²) < 4.78 is 59.6. The Morgan fingerprint density at radius 3 is 2.00 bits per heavy atom. The Bertz CT molecular complexity index is 907. The standard InChI is InChI=1S/C12H10ClNO6S2/c13-11-7-10(5-6-12(11)14)22(18,19)20-8-1-3-9(4-2-8)21(15,16)17/h1-7H,14H2,(H,15,16,17). The van der Waals surface area contributed by atoms with Gasteiger partial charge >= 0.3 is 10.1 Å². The first kappa shape index (κ1) is 16.6. The first-order valence-electron chi connectivity index (χ1n) is 5.67. The van der Waals surface area contributed by atoms with Crippen molar-refractivity contribution in [3.05, 3.63) is 47.5 Å². The second-order valence-electron chi connectivity index (χ2n) is 4.17. The molecule has 0 saturated heterocycles. The summed E-state index contributed by atoms with van der Waals surface area (Å²) in [4.78, 5) is -0.585. The van der Waals surface area contributed by atoms with Gasteiger partial charge in [-0.1, -0.05) is 11.6 Å². The van der Waals surface area contributed by atoms with Crippen molar-refractivity contribution in [1.29, 1.82) is 0 Å². The zero-order valence-corrected chi connectivity index (χ0v) is 13.2. The molecule has 0 aromatic heterocycles. The van der Waals surface area contributed by atoms with Gasteiger partial charge in [0.15, 0.2) is 0 Å². The predicted molar refractivity (Wildman–Crippen MR) is 79.9 cm³/mol. The molecule has 0 saturated carbocycles. The van der Waals surface area contributed by atoms with Crippen LogP contribution in [0.2, 0.25) is 5.02 Å². The summed E-state index contributed by atoms with van der Waals surface area (Å²) in [5.41, 5.74) is 5.71. The minimum Gasteiger partial charge on any atom is -0.398 e. The number of hydrogen-bond donors (Lipinski definition) is 2. The largest absolute Gasteiger partial charge is 0.398 e. The van der Waals surface area contributed by atoms with Crippen LogP contribution in [-0.2, 0) is 20.2 Å². The number of nitrogen functional groups attached to an aromatic ring is 1. The minimum atomic E-state index is -4.36. The fraction of sp³-hybridized carbons (Fsp3) is 0. The van der Waals surface area contributed by atoms with E-state index in [9.17, 15) is 16.8 Å². The Labute approximate surface area is 132 Å². The summed E-state index contributed by atoms with van der Waals surface area (Å²) >= 11 is 5.75. The van der Waals surface area contributed by atoms with Gasteiger partial charge in [0.05, 0.1) is 15.6 Å². The lowest BCUT2D eigenvalue weighted by atomic mass is 10.3. The zero-order valence-electron chi connectivity index (χ0n) is 10.8. The molecule has 0 aliphatic heterocycles. The van der Waals surface area contributed by atoms with Gasteiger partial charge in [-0.15, -0.1) is 0 Å². The maximum absolute atomic E-state index is 12.1. The molecule has 7 nitrogen and oxygen atoms in total. The van der Waals surface area contributed by atoms with Crippen LogP contribution in [0.1, 0.15) is 0 Å². The van der Waals surface area contributed by atoms with Crippen molar-refractivity contribution in [1.82, 2.24) is 0 Å². The van der Waals surface area contributed by atoms with Gasteiger partial charge in [0.25, 0.3) is 10.1 Å². The molecule has 10 heteroatoms. The maximum Gasteiger partial charge on any atom is 0.339 e. The van der Waals surface area contributed by atoms with Gasteiger partial charge < -0.3 is 9.92 Å². The molecule has 0 amide bonds. The summed E-state index contributed by atoms with van der Waals surface area (Å²) in [7, 11) is -8.52. The normalized spacial score (nSPS) is 12.1. The van der Waals surface area contributed by atoms with Crippen molar-refractivity contribution in [2.45, 2.75) is 9.79 Å². The van der Waals surface area contributed by atoms with Crippen LogP contribution in [0.25, 0.3) is 0 Å². The van der Waals surface area contributed by atoms with E-state index in [-0.39, 0.29) is 26.3 Å². The van der Waals surface area contributed by atoms with Crippen LogP contribution < -0.4 is 9.92 Å². The van der Waals surface area contributed by atoms with E-state index in [1.165, 1.54) is 12.1 Å². The monoisotopic (exact) mass is 363 g/mol. The molecule has 0 unspecified atom stereocenters. The van der Waals surface area contributed by atoms with Gasteiger partial charge in [0, 0.05) is 0 Å². The number of halogens is 1. The summed E-state index contributed by atoms with van der Waals surface area (Å²) in [6.07, 6.45) is 0. The molecule has 2 aromatic rings. The van der Waals surface area contributed by atoms with E-state index in [2.05, 4.69) is 0 Å². The van der Waals surface area contributed by atoms with Crippen LogP contribution in [0.15, 0.2) is 52.3 Å². The Morgan fingerprint density at radius 2 is 1.50 bits per heavy atom. The Balaban J connectivity index is 2.30. The summed E-state index contributed by atoms with van der Waals surface area (Å²) in [6.45, 7) is 0. The van der Waals surface area contributed by atoms with Crippen LogP contribution in [0.5, 0.6) is 5.75 Å². The lowest BCUT2D eigenvalue weighted by molar-refractivity contribution is 0.482. The Hall–Kier alpha value is -1.81. The lowest BCUT2D eigenvalue weighted by Crippen LogP contribution is -2.10. The highest BCUT2D eigenvalue weighted by Crippen LogP contribution is 2.25. The molecule has 118 valence electrons. The summed E-state index contributed by atoms with van der Waals surface area (Å²) in [5, 5.41) is 0.0615. The predicted octanol–water partition coefficient (Wildman–Crippen LogP) is 1.94. The molecule has 0 heterocycles. The molecule has 0 fully saturated rings.